The van der Waals surface area contributed by atoms with Crippen LogP contribution >= 0.6 is 15.9 Å². The Bertz CT molecular complexity index is 503. The molecule has 0 bridgehead atoms. The van der Waals surface area contributed by atoms with Crippen LogP contribution in [-0.2, 0) is 6.54 Å². The lowest BCUT2D eigenvalue weighted by Gasteiger charge is -2.09. The molecule has 1 aromatic carbocycles. The lowest BCUT2D eigenvalue weighted by Crippen LogP contribution is -2.02. The van der Waals surface area contributed by atoms with Gasteiger partial charge in [0.25, 0.3) is 0 Å². The van der Waals surface area contributed by atoms with Crippen LogP contribution in [0.25, 0.3) is 0 Å². The fourth-order valence-corrected chi connectivity index (χ4v) is 2.33. The summed E-state index contributed by atoms with van der Waals surface area (Å²) < 4.78 is 1.10. The van der Waals surface area contributed by atoms with Crippen molar-refractivity contribution in [1.29, 1.82) is 0 Å². The Labute approximate surface area is 110 Å². The molecular weight excluding hydrogens is 276 g/mol. The summed E-state index contributed by atoms with van der Waals surface area (Å²) in [5.74, 6) is 0. The van der Waals surface area contributed by atoms with Crippen molar-refractivity contribution in [1.82, 2.24) is 4.98 Å². The number of aromatic nitrogens is 1. The molecule has 0 radical (unpaired) electrons. The fraction of sp³-hybridized carbons (Fsp3) is 0.214. The second kappa shape index (κ2) is 5.32. The summed E-state index contributed by atoms with van der Waals surface area (Å²) in [5.41, 5.74) is 4.86. The first kappa shape index (κ1) is 12.1. The van der Waals surface area contributed by atoms with E-state index in [4.69, 9.17) is 0 Å². The van der Waals surface area contributed by atoms with Crippen molar-refractivity contribution in [2.45, 2.75) is 20.4 Å². The number of hydrogen-bond donors (Lipinski definition) is 1. The van der Waals surface area contributed by atoms with Crippen molar-refractivity contribution in [3.05, 3.63) is 57.8 Å². The minimum Gasteiger partial charge on any atom is -0.381 e. The van der Waals surface area contributed by atoms with Gasteiger partial charge in [-0.05, 0) is 54.8 Å². The highest BCUT2D eigenvalue weighted by atomic mass is 79.9. The Morgan fingerprint density at radius 2 is 2.06 bits per heavy atom. The molecule has 0 spiro atoms. The third-order valence-electron chi connectivity index (χ3n) is 2.67. The van der Waals surface area contributed by atoms with Gasteiger partial charge in [-0.3, -0.25) is 4.98 Å². The van der Waals surface area contributed by atoms with E-state index in [1.54, 1.807) is 0 Å². The van der Waals surface area contributed by atoms with Gasteiger partial charge in [0.05, 0.1) is 0 Å². The minimum atomic E-state index is 0.801. The molecular formula is C14H15BrN2. The van der Waals surface area contributed by atoms with Crippen LogP contribution < -0.4 is 5.32 Å². The summed E-state index contributed by atoms with van der Waals surface area (Å²) in [4.78, 5) is 4.14. The molecule has 2 nitrogen and oxygen atoms in total. The molecule has 1 aromatic heterocycles. The third kappa shape index (κ3) is 3.30. The highest BCUT2D eigenvalue weighted by Crippen LogP contribution is 2.19. The summed E-state index contributed by atoms with van der Waals surface area (Å²) in [7, 11) is 0. The molecule has 1 heterocycles. The first-order valence-electron chi connectivity index (χ1n) is 5.56. The van der Waals surface area contributed by atoms with Gasteiger partial charge >= 0.3 is 0 Å². The van der Waals surface area contributed by atoms with Crippen molar-refractivity contribution >= 4 is 21.6 Å². The molecule has 0 amide bonds. The van der Waals surface area contributed by atoms with Crippen LogP contribution in [0.4, 0.5) is 5.69 Å². The van der Waals surface area contributed by atoms with E-state index in [2.05, 4.69) is 58.3 Å². The van der Waals surface area contributed by atoms with Gasteiger partial charge in [-0.2, -0.15) is 0 Å². The Morgan fingerprint density at radius 1 is 1.24 bits per heavy atom. The number of anilines is 1. The van der Waals surface area contributed by atoms with Gasteiger partial charge in [0.2, 0.25) is 0 Å². The van der Waals surface area contributed by atoms with E-state index >= 15 is 0 Å². The van der Waals surface area contributed by atoms with Crippen LogP contribution in [0.15, 0.2) is 41.1 Å². The van der Waals surface area contributed by atoms with Crippen molar-refractivity contribution in [3.8, 4) is 0 Å². The van der Waals surface area contributed by atoms with Crippen LogP contribution in [0, 0.1) is 13.8 Å². The second-order valence-electron chi connectivity index (χ2n) is 4.17. The summed E-state index contributed by atoms with van der Waals surface area (Å²) in [6, 6.07) is 8.35. The smallest absolute Gasteiger partial charge is 0.0418 e. The molecule has 2 aromatic rings. The van der Waals surface area contributed by atoms with E-state index in [1.165, 1.54) is 16.7 Å². The molecule has 17 heavy (non-hydrogen) atoms. The fourth-order valence-electron chi connectivity index (χ4n) is 1.72. The number of hydrogen-bond acceptors (Lipinski definition) is 2. The molecule has 0 saturated carbocycles. The Kier molecular flexibility index (Phi) is 3.79. The Hall–Kier alpha value is -1.35. The largest absolute Gasteiger partial charge is 0.381 e. The topological polar surface area (TPSA) is 24.9 Å². The summed E-state index contributed by atoms with van der Waals surface area (Å²) in [6.07, 6.45) is 3.73. The monoisotopic (exact) mass is 290 g/mol. The lowest BCUT2D eigenvalue weighted by atomic mass is 10.1. The van der Waals surface area contributed by atoms with Crippen molar-refractivity contribution < 1.29 is 0 Å². The molecule has 2 rings (SSSR count). The standard InChI is InChI=1S/C14H15BrN2/c1-10-5-13(15)7-14(6-10)17-9-12-8-16-4-3-11(12)2/h3-8,17H,9H2,1-2H3. The van der Waals surface area contributed by atoms with Gasteiger partial charge in [0.15, 0.2) is 0 Å². The highest BCUT2D eigenvalue weighted by molar-refractivity contribution is 9.10. The molecule has 0 saturated heterocycles. The van der Waals surface area contributed by atoms with Crippen molar-refractivity contribution in [3.63, 3.8) is 0 Å². The Balaban J connectivity index is 2.10. The quantitative estimate of drug-likeness (QED) is 0.922. The number of rotatable bonds is 3. The lowest BCUT2D eigenvalue weighted by molar-refractivity contribution is 1.08. The summed E-state index contributed by atoms with van der Waals surface area (Å²) >= 11 is 3.50. The third-order valence-corrected chi connectivity index (χ3v) is 3.13. The summed E-state index contributed by atoms with van der Waals surface area (Å²) in [6.45, 7) is 4.99. The number of nitrogens with zero attached hydrogens (tertiary/aromatic N) is 1. The second-order valence-corrected chi connectivity index (χ2v) is 5.09. The maximum Gasteiger partial charge on any atom is 0.0418 e. The van der Waals surface area contributed by atoms with E-state index in [-0.39, 0.29) is 0 Å². The SMILES string of the molecule is Cc1cc(Br)cc(NCc2cnccc2C)c1. The van der Waals surface area contributed by atoms with Gasteiger partial charge in [-0.1, -0.05) is 15.9 Å². The normalized spacial score (nSPS) is 10.3. The molecule has 1 N–H and O–H groups in total. The van der Waals surface area contributed by atoms with Crippen molar-refractivity contribution in [2.24, 2.45) is 0 Å². The van der Waals surface area contributed by atoms with Gasteiger partial charge in [0, 0.05) is 29.1 Å². The van der Waals surface area contributed by atoms with Crippen molar-refractivity contribution in [2.75, 3.05) is 5.32 Å². The minimum absolute atomic E-state index is 0.801. The first-order valence-corrected chi connectivity index (χ1v) is 6.35. The molecule has 88 valence electrons. The zero-order chi connectivity index (χ0) is 12.3. The van der Waals surface area contributed by atoms with Gasteiger partial charge < -0.3 is 5.32 Å². The van der Waals surface area contributed by atoms with Crippen LogP contribution in [0.5, 0.6) is 0 Å². The van der Waals surface area contributed by atoms with E-state index in [1.807, 2.05) is 18.5 Å². The predicted molar refractivity (Wildman–Crippen MR) is 75.2 cm³/mol. The maximum atomic E-state index is 4.14. The molecule has 0 atom stereocenters. The van der Waals surface area contributed by atoms with E-state index < -0.39 is 0 Å². The van der Waals surface area contributed by atoms with Gasteiger partial charge in [-0.25, -0.2) is 0 Å². The number of halogens is 1. The highest BCUT2D eigenvalue weighted by Gasteiger charge is 1.99. The molecule has 0 aliphatic heterocycles. The van der Waals surface area contributed by atoms with Crippen LogP contribution in [0.3, 0.4) is 0 Å². The molecule has 0 aliphatic carbocycles. The van der Waals surface area contributed by atoms with Crippen LogP contribution in [0.2, 0.25) is 0 Å². The molecule has 0 aliphatic rings. The number of nitrogens with one attached hydrogen (secondary N) is 1. The number of benzene rings is 1. The molecule has 0 unspecified atom stereocenters. The van der Waals surface area contributed by atoms with Gasteiger partial charge in [0.1, 0.15) is 0 Å². The van der Waals surface area contributed by atoms with E-state index in [0.717, 1.165) is 16.7 Å². The zero-order valence-corrected chi connectivity index (χ0v) is 11.6. The summed E-state index contributed by atoms with van der Waals surface area (Å²) in [5, 5.41) is 3.41. The van der Waals surface area contributed by atoms with Crippen LogP contribution in [-0.4, -0.2) is 4.98 Å². The zero-order valence-electron chi connectivity index (χ0n) is 10.00. The number of aryl methyl sites for hydroxylation is 2. The average molecular weight is 291 g/mol. The average Bonchev–Trinajstić information content (AvgIpc) is 2.27. The maximum absolute atomic E-state index is 4.14. The first-order chi connectivity index (χ1) is 8.15. The van der Waals surface area contributed by atoms with Gasteiger partial charge in [-0.15, -0.1) is 0 Å². The number of pyridine rings is 1. The predicted octanol–water partition coefficient (Wildman–Crippen LogP) is 4.07. The molecule has 0 fully saturated rings. The van der Waals surface area contributed by atoms with E-state index in [9.17, 15) is 0 Å². The van der Waals surface area contributed by atoms with E-state index in [0.29, 0.717) is 0 Å². The van der Waals surface area contributed by atoms with Crippen LogP contribution in [0.1, 0.15) is 16.7 Å². The molecule has 3 heteroatoms. The Morgan fingerprint density at radius 3 is 2.76 bits per heavy atom.